The molecule has 156 valence electrons. The minimum absolute atomic E-state index is 0.155. The van der Waals surface area contributed by atoms with Crippen LogP contribution in [0.5, 0.6) is 0 Å². The van der Waals surface area contributed by atoms with E-state index >= 15 is 0 Å². The minimum atomic E-state index is -1.90. The Kier molecular flexibility index (Phi) is 6.94. The second-order valence-corrected chi connectivity index (χ2v) is 10.8. The molecule has 4 rings (SSSR count). The first-order chi connectivity index (χ1) is 13.8. The van der Waals surface area contributed by atoms with Crippen LogP contribution in [0.25, 0.3) is 0 Å². The monoisotopic (exact) mass is 405 g/mol. The molecule has 0 saturated carbocycles. The number of hydrogen-bond acceptors (Lipinski definition) is 5. The highest BCUT2D eigenvalue weighted by molar-refractivity contribution is 8.24. The molecule has 6 heteroatoms. The Morgan fingerprint density at radius 2 is 1.04 bits per heavy atom. The van der Waals surface area contributed by atoms with E-state index in [0.29, 0.717) is 5.56 Å². The van der Waals surface area contributed by atoms with Gasteiger partial charge in [0.15, 0.2) is 0 Å². The molecule has 0 bridgehead atoms. The lowest BCUT2D eigenvalue weighted by Crippen LogP contribution is -2.54. The molecule has 3 aliphatic heterocycles. The maximum absolute atomic E-state index is 13.3. The van der Waals surface area contributed by atoms with Gasteiger partial charge in [0.05, 0.1) is 16.4 Å². The number of piperidine rings is 3. The van der Waals surface area contributed by atoms with Gasteiger partial charge in [0, 0.05) is 39.3 Å². The fourth-order valence-corrected chi connectivity index (χ4v) is 8.48. The van der Waals surface area contributed by atoms with Gasteiger partial charge in [-0.05, 0) is 50.7 Å². The molecule has 3 saturated heterocycles. The van der Waals surface area contributed by atoms with Crippen molar-refractivity contribution in [1.29, 1.82) is 0 Å². The molecule has 0 amide bonds. The molecule has 0 atom stereocenters. The minimum Gasteiger partial charge on any atom is -0.370 e. The number of carbonyl (C=O) groups is 1. The maximum Gasteiger partial charge on any atom is 0.351 e. The largest absolute Gasteiger partial charge is 0.370 e. The second-order valence-electron chi connectivity index (χ2n) is 8.17. The molecule has 0 spiro atoms. The van der Waals surface area contributed by atoms with Gasteiger partial charge in [-0.25, -0.2) is 17.7 Å². The van der Waals surface area contributed by atoms with E-state index in [1.807, 2.05) is 30.3 Å². The predicted molar refractivity (Wildman–Crippen MR) is 116 cm³/mol. The van der Waals surface area contributed by atoms with Crippen LogP contribution in [0.2, 0.25) is 0 Å². The van der Waals surface area contributed by atoms with Gasteiger partial charge < -0.3 is 4.18 Å². The van der Waals surface area contributed by atoms with Crippen LogP contribution in [0.1, 0.15) is 68.1 Å². The summed E-state index contributed by atoms with van der Waals surface area (Å²) in [6, 6.07) is 9.58. The van der Waals surface area contributed by atoms with Crippen molar-refractivity contribution in [3.8, 4) is 0 Å². The topological polar surface area (TPSA) is 36.0 Å². The van der Waals surface area contributed by atoms with E-state index < -0.39 is 10.9 Å². The third-order valence-electron chi connectivity index (χ3n) is 6.15. The smallest absolute Gasteiger partial charge is 0.351 e. The Bertz CT molecular complexity index is 578. The van der Waals surface area contributed by atoms with Crippen molar-refractivity contribution >= 4 is 16.8 Å². The lowest BCUT2D eigenvalue weighted by atomic mass is 10.2. The number of benzene rings is 1. The molecular formula is C22H35N3O2S. The molecule has 0 aromatic heterocycles. The van der Waals surface area contributed by atoms with Crippen molar-refractivity contribution in [2.45, 2.75) is 57.8 Å². The average molecular weight is 406 g/mol. The first-order valence-corrected chi connectivity index (χ1v) is 12.6. The maximum atomic E-state index is 13.3. The standard InChI is InChI=1S/C22H35N3O2S/c26-22(21-13-5-1-6-14-21)27-28(23-15-7-2-8-16-23,24-17-9-3-10-18-24)25-19-11-4-12-20-25/h1,5-6,13-14H,2-4,7-12,15-20H2. The van der Waals surface area contributed by atoms with Gasteiger partial charge in [0.25, 0.3) is 0 Å². The zero-order valence-corrected chi connectivity index (χ0v) is 17.9. The number of nitrogens with zero attached hydrogens (tertiary/aromatic N) is 3. The van der Waals surface area contributed by atoms with E-state index in [1.165, 1.54) is 57.8 Å². The average Bonchev–Trinajstić information content (AvgIpc) is 2.80. The molecule has 0 aliphatic carbocycles. The van der Waals surface area contributed by atoms with Gasteiger partial charge in [0.2, 0.25) is 0 Å². The number of rotatable bonds is 5. The van der Waals surface area contributed by atoms with Crippen LogP contribution in [-0.4, -0.2) is 58.2 Å². The van der Waals surface area contributed by atoms with E-state index in [0.717, 1.165) is 39.3 Å². The fourth-order valence-electron chi connectivity index (χ4n) is 4.68. The zero-order chi connectivity index (χ0) is 19.2. The summed E-state index contributed by atoms with van der Waals surface area (Å²) in [6.07, 6.45) is 11.1. The highest BCUT2D eigenvalue weighted by atomic mass is 32.3. The molecular weight excluding hydrogens is 370 g/mol. The lowest BCUT2D eigenvalue weighted by molar-refractivity contribution is 0.0695. The Morgan fingerprint density at radius 1 is 0.643 bits per heavy atom. The van der Waals surface area contributed by atoms with Crippen molar-refractivity contribution in [1.82, 2.24) is 12.9 Å². The summed E-state index contributed by atoms with van der Waals surface area (Å²) in [5, 5.41) is 0. The molecule has 3 fully saturated rings. The Morgan fingerprint density at radius 3 is 1.43 bits per heavy atom. The van der Waals surface area contributed by atoms with Crippen LogP contribution in [0.3, 0.4) is 0 Å². The van der Waals surface area contributed by atoms with Crippen LogP contribution < -0.4 is 0 Å². The van der Waals surface area contributed by atoms with Crippen LogP contribution in [0, 0.1) is 0 Å². The summed E-state index contributed by atoms with van der Waals surface area (Å²) in [5.74, 6) is -0.155. The summed E-state index contributed by atoms with van der Waals surface area (Å²) in [4.78, 5) is 13.3. The normalized spacial score (nSPS) is 24.0. The van der Waals surface area contributed by atoms with Crippen molar-refractivity contribution in [2.75, 3.05) is 39.3 Å². The predicted octanol–water partition coefficient (Wildman–Crippen LogP) is 4.77. The lowest BCUT2D eigenvalue weighted by Gasteiger charge is -2.60. The van der Waals surface area contributed by atoms with Gasteiger partial charge in [-0.2, -0.15) is 0 Å². The Balaban J connectivity index is 1.70. The quantitative estimate of drug-likeness (QED) is 0.705. The number of carbonyl (C=O) groups excluding carboxylic acids is 1. The number of hydrogen-bond donors (Lipinski definition) is 0. The summed E-state index contributed by atoms with van der Waals surface area (Å²) in [7, 11) is -1.90. The SMILES string of the molecule is O=C(OS(N1CCCCC1)(N1CCCCC1)N1CCCCC1)c1ccccc1. The molecule has 3 aliphatic rings. The summed E-state index contributed by atoms with van der Waals surface area (Å²) in [5.41, 5.74) is 0.672. The Labute approximate surface area is 171 Å². The van der Waals surface area contributed by atoms with E-state index in [9.17, 15) is 4.79 Å². The van der Waals surface area contributed by atoms with Crippen LogP contribution in [0.4, 0.5) is 0 Å². The third-order valence-corrected chi connectivity index (χ3v) is 9.64. The van der Waals surface area contributed by atoms with Crippen LogP contribution in [0.15, 0.2) is 30.3 Å². The highest BCUT2D eigenvalue weighted by Crippen LogP contribution is 2.61. The van der Waals surface area contributed by atoms with Crippen LogP contribution in [-0.2, 0) is 4.18 Å². The fraction of sp³-hybridized carbons (Fsp3) is 0.682. The van der Waals surface area contributed by atoms with Crippen molar-refractivity contribution < 1.29 is 8.98 Å². The molecule has 28 heavy (non-hydrogen) atoms. The van der Waals surface area contributed by atoms with E-state index in [1.54, 1.807) is 0 Å². The highest BCUT2D eigenvalue weighted by Gasteiger charge is 2.47. The van der Waals surface area contributed by atoms with Gasteiger partial charge in [-0.1, -0.05) is 37.5 Å². The van der Waals surface area contributed by atoms with Gasteiger partial charge in [-0.15, -0.1) is 0 Å². The first kappa shape index (κ1) is 20.2. The Hall–Kier alpha value is -1.08. The zero-order valence-electron chi connectivity index (χ0n) is 17.1. The van der Waals surface area contributed by atoms with Crippen LogP contribution >= 0.6 is 10.9 Å². The van der Waals surface area contributed by atoms with E-state index in [4.69, 9.17) is 4.18 Å². The van der Waals surface area contributed by atoms with E-state index in [2.05, 4.69) is 12.9 Å². The van der Waals surface area contributed by atoms with Crippen molar-refractivity contribution in [2.24, 2.45) is 0 Å². The van der Waals surface area contributed by atoms with Crippen molar-refractivity contribution in [3.05, 3.63) is 35.9 Å². The third kappa shape index (κ3) is 4.25. The van der Waals surface area contributed by atoms with E-state index in [-0.39, 0.29) is 5.97 Å². The molecule has 0 N–H and O–H groups in total. The summed E-state index contributed by atoms with van der Waals surface area (Å²) in [6.45, 7) is 6.28. The summed E-state index contributed by atoms with van der Waals surface area (Å²) >= 11 is 0. The van der Waals surface area contributed by atoms with Gasteiger partial charge in [-0.3, -0.25) is 0 Å². The first-order valence-electron chi connectivity index (χ1n) is 11.2. The molecule has 1 aromatic rings. The molecule has 0 unspecified atom stereocenters. The molecule has 1 aromatic carbocycles. The van der Waals surface area contributed by atoms with Crippen molar-refractivity contribution in [3.63, 3.8) is 0 Å². The molecule has 5 nitrogen and oxygen atoms in total. The summed E-state index contributed by atoms with van der Waals surface area (Å²) < 4.78 is 14.4. The van der Waals surface area contributed by atoms with Gasteiger partial charge in [0.1, 0.15) is 0 Å². The van der Waals surface area contributed by atoms with Gasteiger partial charge >= 0.3 is 5.97 Å². The molecule has 3 heterocycles. The molecule has 0 radical (unpaired) electrons. The second kappa shape index (κ2) is 9.61.